The molecule has 0 aliphatic heterocycles. The van der Waals surface area contributed by atoms with Crippen LogP contribution in [-0.2, 0) is 4.79 Å². The Morgan fingerprint density at radius 1 is 1.23 bits per heavy atom. The molecule has 2 aromatic heterocycles. The molecule has 0 atom stereocenters. The third-order valence-corrected chi connectivity index (χ3v) is 5.32. The Bertz CT molecular complexity index is 1220. The highest BCUT2D eigenvalue weighted by molar-refractivity contribution is 6.43. The first kappa shape index (κ1) is 19.5. The third-order valence-electron chi connectivity index (χ3n) is 5.32. The lowest BCUT2D eigenvalue weighted by molar-refractivity contribution is -0.116. The van der Waals surface area contributed by atoms with Crippen LogP contribution in [0.4, 0.5) is 5.69 Å². The standard InChI is InChI=1S/C23H21N3O4/c1-4-10-24-23(29)21(27)19-13(2)20(26(14(19)3)17-6-7-17)22(28)25-16-5-8-18-15(12-16)9-11-30-18/h1,5,8-9,11-12,17H,6-7,10H2,2-3H3,(H,24,29)(H,25,28). The molecule has 1 aliphatic rings. The SMILES string of the molecule is C#CCNC(=O)C(=O)c1c(C)c(C(=O)Nc2ccc3occc3c2)n(C2CC2)c1C. The van der Waals surface area contributed by atoms with Crippen LogP contribution in [-0.4, -0.2) is 28.7 Å². The molecule has 0 bridgehead atoms. The number of aromatic nitrogens is 1. The maximum absolute atomic E-state index is 13.2. The molecule has 1 aliphatic carbocycles. The Balaban J connectivity index is 1.70. The lowest BCUT2D eigenvalue weighted by Crippen LogP contribution is -2.31. The molecule has 0 spiro atoms. The number of terminal acetylenes is 1. The Labute approximate surface area is 173 Å². The van der Waals surface area contributed by atoms with Crippen LogP contribution >= 0.6 is 0 Å². The quantitative estimate of drug-likeness (QED) is 0.375. The summed E-state index contributed by atoms with van der Waals surface area (Å²) >= 11 is 0. The van der Waals surface area contributed by atoms with E-state index in [9.17, 15) is 14.4 Å². The molecule has 152 valence electrons. The van der Waals surface area contributed by atoms with Crippen molar-refractivity contribution >= 4 is 34.3 Å². The van der Waals surface area contributed by atoms with Gasteiger partial charge in [0.05, 0.1) is 18.4 Å². The van der Waals surface area contributed by atoms with E-state index in [1.54, 1.807) is 32.2 Å². The lowest BCUT2D eigenvalue weighted by atomic mass is 10.0. The highest BCUT2D eigenvalue weighted by Crippen LogP contribution is 2.40. The smallest absolute Gasteiger partial charge is 0.293 e. The number of nitrogens with zero attached hydrogens (tertiary/aromatic N) is 1. The Kier molecular flexibility index (Phi) is 4.92. The minimum Gasteiger partial charge on any atom is -0.464 e. The zero-order valence-electron chi connectivity index (χ0n) is 16.7. The second kappa shape index (κ2) is 7.56. The van der Waals surface area contributed by atoms with Crippen LogP contribution in [0.1, 0.15) is 51.0 Å². The molecular formula is C23H21N3O4. The summed E-state index contributed by atoms with van der Waals surface area (Å²) in [6.45, 7) is 3.43. The number of hydrogen-bond donors (Lipinski definition) is 2. The average Bonchev–Trinajstić information content (AvgIpc) is 3.39. The van der Waals surface area contributed by atoms with E-state index in [4.69, 9.17) is 10.8 Å². The van der Waals surface area contributed by atoms with Crippen molar-refractivity contribution in [3.8, 4) is 12.3 Å². The minimum absolute atomic E-state index is 0.0319. The number of hydrogen-bond acceptors (Lipinski definition) is 4. The van der Waals surface area contributed by atoms with E-state index >= 15 is 0 Å². The van der Waals surface area contributed by atoms with E-state index in [2.05, 4.69) is 16.6 Å². The van der Waals surface area contributed by atoms with Crippen LogP contribution in [0.5, 0.6) is 0 Å². The Morgan fingerprint density at radius 2 is 2.00 bits per heavy atom. The summed E-state index contributed by atoms with van der Waals surface area (Å²) in [6.07, 6.45) is 8.59. The van der Waals surface area contributed by atoms with Gasteiger partial charge in [-0.05, 0) is 56.5 Å². The first-order valence-corrected chi connectivity index (χ1v) is 9.68. The monoisotopic (exact) mass is 403 g/mol. The fraction of sp³-hybridized carbons (Fsp3) is 0.261. The second-order valence-corrected chi connectivity index (χ2v) is 7.38. The van der Waals surface area contributed by atoms with Gasteiger partial charge in [0.25, 0.3) is 17.6 Å². The summed E-state index contributed by atoms with van der Waals surface area (Å²) in [5.74, 6) is 0.489. The zero-order valence-corrected chi connectivity index (χ0v) is 16.7. The number of anilines is 1. The Hall–Kier alpha value is -3.79. The van der Waals surface area contributed by atoms with Crippen LogP contribution in [0.2, 0.25) is 0 Å². The van der Waals surface area contributed by atoms with Gasteiger partial charge in [-0.25, -0.2) is 0 Å². The van der Waals surface area contributed by atoms with Crippen LogP contribution in [0, 0.1) is 26.2 Å². The second-order valence-electron chi connectivity index (χ2n) is 7.38. The maximum Gasteiger partial charge on any atom is 0.293 e. The largest absolute Gasteiger partial charge is 0.464 e. The van der Waals surface area contributed by atoms with E-state index in [0.29, 0.717) is 22.6 Å². The summed E-state index contributed by atoms with van der Waals surface area (Å²) < 4.78 is 7.21. The molecule has 4 rings (SSSR count). The number of carbonyl (C=O) groups excluding carboxylic acids is 3. The fourth-order valence-electron chi connectivity index (χ4n) is 3.82. The summed E-state index contributed by atoms with van der Waals surface area (Å²) in [5, 5.41) is 6.18. The predicted octanol–water partition coefficient (Wildman–Crippen LogP) is 3.37. The first-order chi connectivity index (χ1) is 14.4. The van der Waals surface area contributed by atoms with Gasteiger partial charge in [0, 0.05) is 22.8 Å². The van der Waals surface area contributed by atoms with Crippen molar-refractivity contribution in [2.75, 3.05) is 11.9 Å². The number of furan rings is 1. The summed E-state index contributed by atoms with van der Waals surface area (Å²) in [4.78, 5) is 38.2. The molecule has 2 N–H and O–H groups in total. The van der Waals surface area contributed by atoms with E-state index in [1.807, 2.05) is 16.7 Å². The minimum atomic E-state index is -0.774. The van der Waals surface area contributed by atoms with Gasteiger partial charge in [0.1, 0.15) is 11.3 Å². The number of amides is 2. The molecule has 2 heterocycles. The zero-order chi connectivity index (χ0) is 21.4. The highest BCUT2D eigenvalue weighted by Gasteiger charge is 2.35. The van der Waals surface area contributed by atoms with E-state index in [1.165, 1.54) is 0 Å². The molecular weight excluding hydrogens is 382 g/mol. The molecule has 0 radical (unpaired) electrons. The van der Waals surface area contributed by atoms with Crippen molar-refractivity contribution in [3.63, 3.8) is 0 Å². The predicted molar refractivity (Wildman–Crippen MR) is 113 cm³/mol. The molecule has 0 saturated heterocycles. The number of nitrogens with one attached hydrogen (secondary N) is 2. The van der Waals surface area contributed by atoms with Crippen LogP contribution < -0.4 is 10.6 Å². The van der Waals surface area contributed by atoms with E-state index in [0.717, 1.165) is 23.8 Å². The fourth-order valence-corrected chi connectivity index (χ4v) is 3.82. The molecule has 1 fully saturated rings. The number of carbonyl (C=O) groups is 3. The van der Waals surface area contributed by atoms with Crippen molar-refractivity contribution < 1.29 is 18.8 Å². The number of Topliss-reactive ketones (excluding diaryl/α,β-unsaturated/α-hetero) is 1. The average molecular weight is 403 g/mol. The third kappa shape index (κ3) is 3.37. The van der Waals surface area contributed by atoms with Gasteiger partial charge >= 0.3 is 0 Å². The van der Waals surface area contributed by atoms with E-state index < -0.39 is 11.7 Å². The molecule has 1 aromatic carbocycles. The maximum atomic E-state index is 13.2. The number of rotatable bonds is 6. The van der Waals surface area contributed by atoms with Crippen molar-refractivity contribution in [1.82, 2.24) is 9.88 Å². The van der Waals surface area contributed by atoms with Gasteiger partial charge in [-0.1, -0.05) is 5.92 Å². The lowest BCUT2D eigenvalue weighted by Gasteiger charge is -2.12. The summed E-state index contributed by atoms with van der Waals surface area (Å²) in [6, 6.07) is 7.33. The van der Waals surface area contributed by atoms with Crippen LogP contribution in [0.3, 0.4) is 0 Å². The number of fused-ring (bicyclic) bond motifs is 1. The van der Waals surface area contributed by atoms with Gasteiger partial charge in [0.2, 0.25) is 0 Å². The van der Waals surface area contributed by atoms with Crippen molar-refractivity contribution in [2.24, 2.45) is 0 Å². The van der Waals surface area contributed by atoms with Gasteiger partial charge in [-0.2, -0.15) is 0 Å². The molecule has 3 aromatic rings. The first-order valence-electron chi connectivity index (χ1n) is 9.68. The summed E-state index contributed by atoms with van der Waals surface area (Å²) in [5.41, 5.74) is 3.11. The van der Waals surface area contributed by atoms with Gasteiger partial charge < -0.3 is 19.6 Å². The highest BCUT2D eigenvalue weighted by atomic mass is 16.3. The van der Waals surface area contributed by atoms with Crippen molar-refractivity contribution in [1.29, 1.82) is 0 Å². The molecule has 7 heteroatoms. The van der Waals surface area contributed by atoms with Crippen molar-refractivity contribution in [3.05, 3.63) is 53.0 Å². The molecule has 7 nitrogen and oxygen atoms in total. The molecule has 0 unspecified atom stereocenters. The van der Waals surface area contributed by atoms with Crippen molar-refractivity contribution in [2.45, 2.75) is 32.7 Å². The molecule has 2 amide bonds. The number of ketones is 1. The van der Waals surface area contributed by atoms with Gasteiger partial charge in [0.15, 0.2) is 0 Å². The summed E-state index contributed by atoms with van der Waals surface area (Å²) in [7, 11) is 0. The Morgan fingerprint density at radius 3 is 2.70 bits per heavy atom. The molecule has 1 saturated carbocycles. The topological polar surface area (TPSA) is 93.3 Å². The van der Waals surface area contributed by atoms with Gasteiger partial charge in [-0.3, -0.25) is 14.4 Å². The van der Waals surface area contributed by atoms with E-state index in [-0.39, 0.29) is 24.1 Å². The molecule has 30 heavy (non-hydrogen) atoms. The normalized spacial score (nSPS) is 13.1. The number of benzene rings is 1. The van der Waals surface area contributed by atoms with Crippen LogP contribution in [0.25, 0.3) is 11.0 Å². The van der Waals surface area contributed by atoms with Gasteiger partial charge in [-0.15, -0.1) is 6.42 Å². The van der Waals surface area contributed by atoms with Crippen LogP contribution in [0.15, 0.2) is 34.9 Å².